The number of carbonyl (C=O) groups excluding carboxylic acids is 2. The highest BCUT2D eigenvalue weighted by atomic mass is 16.6. The van der Waals surface area contributed by atoms with E-state index < -0.39 is 11.7 Å². The van der Waals surface area contributed by atoms with Crippen LogP contribution in [0.15, 0.2) is 0 Å². The van der Waals surface area contributed by atoms with E-state index in [1.165, 1.54) is 4.90 Å². The standard InChI is InChI=1S/C11H19NO3/c1-5-6-8-7-9(13)12(8)10(14)15-11(2,3)4/h8H,5-7H2,1-4H3. The second-order valence-electron chi connectivity index (χ2n) is 4.89. The fraction of sp³-hybridized carbons (Fsp3) is 0.818. The first-order chi connectivity index (χ1) is 6.85. The van der Waals surface area contributed by atoms with Crippen molar-refractivity contribution in [3.63, 3.8) is 0 Å². The predicted molar refractivity (Wildman–Crippen MR) is 56.4 cm³/mol. The predicted octanol–water partition coefficient (Wildman–Crippen LogP) is 2.32. The average molecular weight is 213 g/mol. The highest BCUT2D eigenvalue weighted by Gasteiger charge is 2.42. The summed E-state index contributed by atoms with van der Waals surface area (Å²) in [6.07, 6.45) is 1.81. The zero-order valence-corrected chi connectivity index (χ0v) is 9.87. The van der Waals surface area contributed by atoms with Crippen molar-refractivity contribution in [2.45, 2.75) is 58.6 Å². The molecule has 4 nitrogen and oxygen atoms in total. The molecule has 0 N–H and O–H groups in total. The van der Waals surface area contributed by atoms with Crippen LogP contribution in [0.3, 0.4) is 0 Å². The van der Waals surface area contributed by atoms with E-state index in [1.807, 2.05) is 6.92 Å². The minimum atomic E-state index is -0.538. The van der Waals surface area contributed by atoms with E-state index in [0.29, 0.717) is 6.42 Å². The smallest absolute Gasteiger partial charge is 0.417 e. The molecule has 1 fully saturated rings. The molecule has 1 heterocycles. The number of imide groups is 1. The van der Waals surface area contributed by atoms with Gasteiger partial charge < -0.3 is 4.74 Å². The van der Waals surface area contributed by atoms with Gasteiger partial charge in [0.15, 0.2) is 0 Å². The van der Waals surface area contributed by atoms with Crippen LogP contribution in [0.4, 0.5) is 4.79 Å². The van der Waals surface area contributed by atoms with Gasteiger partial charge in [0.1, 0.15) is 5.60 Å². The van der Waals surface area contributed by atoms with Crippen LogP contribution in [0.2, 0.25) is 0 Å². The third kappa shape index (κ3) is 2.94. The highest BCUT2D eigenvalue weighted by Crippen LogP contribution is 2.25. The molecule has 0 aromatic carbocycles. The van der Waals surface area contributed by atoms with E-state index >= 15 is 0 Å². The lowest BCUT2D eigenvalue weighted by Crippen LogP contribution is -2.56. The first-order valence-electron chi connectivity index (χ1n) is 5.40. The molecule has 2 amide bonds. The molecule has 1 atom stereocenters. The molecule has 0 radical (unpaired) electrons. The molecule has 0 saturated carbocycles. The largest absolute Gasteiger partial charge is 0.443 e. The summed E-state index contributed by atoms with van der Waals surface area (Å²) in [6, 6.07) is 0.0531. The Morgan fingerprint density at radius 1 is 1.53 bits per heavy atom. The maximum Gasteiger partial charge on any atom is 0.417 e. The van der Waals surface area contributed by atoms with Gasteiger partial charge in [-0.3, -0.25) is 4.79 Å². The lowest BCUT2D eigenvalue weighted by atomic mass is 9.98. The Bertz CT molecular complexity index is 267. The molecule has 1 aliphatic rings. The second kappa shape index (κ2) is 4.21. The van der Waals surface area contributed by atoms with E-state index in [-0.39, 0.29) is 11.9 Å². The molecular weight excluding hydrogens is 194 g/mol. The van der Waals surface area contributed by atoms with Gasteiger partial charge in [-0.1, -0.05) is 13.3 Å². The molecule has 0 aliphatic carbocycles. The maximum atomic E-state index is 11.6. The van der Waals surface area contributed by atoms with Crippen molar-refractivity contribution in [2.24, 2.45) is 0 Å². The van der Waals surface area contributed by atoms with Gasteiger partial charge in [-0.15, -0.1) is 0 Å². The Kier molecular flexibility index (Phi) is 3.37. The molecule has 1 rings (SSSR count). The zero-order chi connectivity index (χ0) is 11.6. The number of ether oxygens (including phenoxy) is 1. The molecule has 15 heavy (non-hydrogen) atoms. The number of hydrogen-bond donors (Lipinski definition) is 0. The number of rotatable bonds is 2. The molecule has 1 unspecified atom stereocenters. The number of β-lactam (4-membered cyclic amide) rings is 1. The van der Waals surface area contributed by atoms with Crippen molar-refractivity contribution in [1.82, 2.24) is 4.90 Å². The summed E-state index contributed by atoms with van der Waals surface area (Å²) >= 11 is 0. The lowest BCUT2D eigenvalue weighted by Gasteiger charge is -2.39. The highest BCUT2D eigenvalue weighted by molar-refractivity contribution is 5.97. The average Bonchev–Trinajstić information content (AvgIpc) is 1.99. The molecular formula is C11H19NO3. The molecule has 1 saturated heterocycles. The molecule has 0 aromatic rings. The minimum absolute atomic E-state index is 0.0531. The lowest BCUT2D eigenvalue weighted by molar-refractivity contribution is -0.144. The summed E-state index contributed by atoms with van der Waals surface area (Å²) in [7, 11) is 0. The van der Waals surface area contributed by atoms with Gasteiger partial charge in [0.2, 0.25) is 5.91 Å². The van der Waals surface area contributed by atoms with Crippen molar-refractivity contribution in [3.8, 4) is 0 Å². The molecule has 1 aliphatic heterocycles. The first-order valence-corrected chi connectivity index (χ1v) is 5.40. The Labute approximate surface area is 90.6 Å². The second-order valence-corrected chi connectivity index (χ2v) is 4.89. The Morgan fingerprint density at radius 3 is 2.53 bits per heavy atom. The van der Waals surface area contributed by atoms with Gasteiger partial charge in [0, 0.05) is 6.42 Å². The fourth-order valence-electron chi connectivity index (χ4n) is 1.61. The van der Waals surface area contributed by atoms with Crippen molar-refractivity contribution >= 4 is 12.0 Å². The molecule has 0 bridgehead atoms. The van der Waals surface area contributed by atoms with Crippen LogP contribution in [-0.4, -0.2) is 28.5 Å². The first kappa shape index (κ1) is 12.0. The van der Waals surface area contributed by atoms with Gasteiger partial charge in [0.05, 0.1) is 6.04 Å². The molecule has 4 heteroatoms. The summed E-state index contributed by atoms with van der Waals surface area (Å²) in [6.45, 7) is 7.42. The van der Waals surface area contributed by atoms with E-state index in [1.54, 1.807) is 20.8 Å². The van der Waals surface area contributed by atoms with E-state index in [4.69, 9.17) is 4.74 Å². The fourth-order valence-corrected chi connectivity index (χ4v) is 1.61. The quantitative estimate of drug-likeness (QED) is 0.661. The van der Waals surface area contributed by atoms with Gasteiger partial charge in [0.25, 0.3) is 0 Å². The normalized spacial score (nSPS) is 21.2. The minimum Gasteiger partial charge on any atom is -0.443 e. The Hall–Kier alpha value is -1.06. The van der Waals surface area contributed by atoms with Crippen molar-refractivity contribution in [2.75, 3.05) is 0 Å². The molecule has 0 spiro atoms. The van der Waals surface area contributed by atoms with Crippen LogP contribution >= 0.6 is 0 Å². The van der Waals surface area contributed by atoms with Gasteiger partial charge >= 0.3 is 6.09 Å². The Balaban J connectivity index is 2.54. The maximum absolute atomic E-state index is 11.6. The van der Waals surface area contributed by atoms with Crippen molar-refractivity contribution < 1.29 is 14.3 Å². The van der Waals surface area contributed by atoms with Crippen molar-refractivity contribution in [3.05, 3.63) is 0 Å². The van der Waals surface area contributed by atoms with E-state index in [0.717, 1.165) is 12.8 Å². The van der Waals surface area contributed by atoms with Crippen LogP contribution in [-0.2, 0) is 9.53 Å². The molecule has 86 valence electrons. The summed E-state index contributed by atoms with van der Waals surface area (Å²) < 4.78 is 5.15. The van der Waals surface area contributed by atoms with Crippen LogP contribution in [0, 0.1) is 0 Å². The topological polar surface area (TPSA) is 46.6 Å². The third-order valence-corrected chi connectivity index (χ3v) is 2.26. The van der Waals surface area contributed by atoms with Crippen LogP contribution in [0.5, 0.6) is 0 Å². The summed E-state index contributed by atoms with van der Waals surface area (Å²) in [5, 5.41) is 0. The van der Waals surface area contributed by atoms with Gasteiger partial charge in [-0.25, -0.2) is 9.69 Å². The summed E-state index contributed by atoms with van der Waals surface area (Å²) in [5.74, 6) is -0.122. The van der Waals surface area contributed by atoms with Crippen LogP contribution < -0.4 is 0 Å². The number of amides is 2. The number of hydrogen-bond acceptors (Lipinski definition) is 3. The van der Waals surface area contributed by atoms with Gasteiger partial charge in [-0.2, -0.15) is 0 Å². The summed E-state index contributed by atoms with van der Waals surface area (Å²) in [5.41, 5.74) is -0.538. The van der Waals surface area contributed by atoms with E-state index in [9.17, 15) is 9.59 Å². The molecule has 0 aromatic heterocycles. The number of nitrogens with zero attached hydrogens (tertiary/aromatic N) is 1. The van der Waals surface area contributed by atoms with Crippen molar-refractivity contribution in [1.29, 1.82) is 0 Å². The van der Waals surface area contributed by atoms with Crippen LogP contribution in [0.1, 0.15) is 47.0 Å². The zero-order valence-electron chi connectivity index (χ0n) is 9.87. The van der Waals surface area contributed by atoms with E-state index in [2.05, 4.69) is 0 Å². The Morgan fingerprint density at radius 2 is 2.13 bits per heavy atom. The van der Waals surface area contributed by atoms with Gasteiger partial charge in [-0.05, 0) is 27.2 Å². The summed E-state index contributed by atoms with van der Waals surface area (Å²) in [4.78, 5) is 24.1. The SMILES string of the molecule is CCCC1CC(=O)N1C(=O)OC(C)(C)C. The van der Waals surface area contributed by atoms with Crippen LogP contribution in [0.25, 0.3) is 0 Å². The monoisotopic (exact) mass is 213 g/mol. The number of likely N-dealkylation sites (tertiary alicyclic amines) is 1. The number of carbonyl (C=O) groups is 2. The third-order valence-electron chi connectivity index (χ3n) is 2.26.